The zero-order valence-corrected chi connectivity index (χ0v) is 15.4. The highest BCUT2D eigenvalue weighted by Crippen LogP contribution is 2.18. The van der Waals surface area contributed by atoms with Gasteiger partial charge in [0.25, 0.3) is 0 Å². The number of aryl methyl sites for hydroxylation is 2. The fourth-order valence-corrected chi connectivity index (χ4v) is 2.49. The molecule has 7 heteroatoms. The van der Waals surface area contributed by atoms with Gasteiger partial charge >= 0.3 is 5.97 Å². The van der Waals surface area contributed by atoms with Gasteiger partial charge in [-0.25, -0.2) is 9.47 Å². The highest BCUT2D eigenvalue weighted by Gasteiger charge is 2.06. The Morgan fingerprint density at radius 2 is 1.74 bits per heavy atom. The minimum atomic E-state index is -0.358. The molecule has 0 saturated heterocycles. The third-order valence-corrected chi connectivity index (χ3v) is 3.95. The Kier molecular flexibility index (Phi) is 5.61. The van der Waals surface area contributed by atoms with Crippen LogP contribution >= 0.6 is 0 Å². The molecule has 0 N–H and O–H groups in total. The molecule has 3 rings (SSSR count). The van der Waals surface area contributed by atoms with Gasteiger partial charge in [-0.05, 0) is 43.7 Å². The van der Waals surface area contributed by atoms with E-state index in [0.717, 1.165) is 11.1 Å². The number of hydrogen-bond acceptors (Lipinski definition) is 6. The van der Waals surface area contributed by atoms with Gasteiger partial charge in [0.15, 0.2) is 11.6 Å². The molecular weight excluding hydrogens is 344 g/mol. The molecule has 3 aromatic rings. The maximum Gasteiger partial charge on any atom is 0.337 e. The van der Waals surface area contributed by atoms with E-state index in [1.54, 1.807) is 23.0 Å². The molecule has 0 aliphatic heterocycles. The average Bonchev–Trinajstić information content (AvgIpc) is 3.02. The lowest BCUT2D eigenvalue weighted by Gasteiger charge is -2.09. The number of aromatic nitrogens is 3. The van der Waals surface area contributed by atoms with Gasteiger partial charge in [0, 0.05) is 5.56 Å². The van der Waals surface area contributed by atoms with Crippen molar-refractivity contribution in [2.45, 2.75) is 20.5 Å². The van der Waals surface area contributed by atoms with E-state index in [-0.39, 0.29) is 5.97 Å². The Bertz CT molecular complexity index is 942. The Hall–Kier alpha value is -3.48. The SMILES string of the molecule is COC(=O)c1ccc(COc2ccccc2/C=N/n2c(C)nnc2C)cc1. The van der Waals surface area contributed by atoms with E-state index in [9.17, 15) is 4.79 Å². The molecule has 0 aliphatic rings. The summed E-state index contributed by atoms with van der Waals surface area (Å²) in [7, 11) is 1.36. The van der Waals surface area contributed by atoms with Crippen molar-refractivity contribution >= 4 is 12.2 Å². The molecule has 0 aliphatic carbocycles. The maximum atomic E-state index is 11.5. The van der Waals surface area contributed by atoms with Gasteiger partial charge in [-0.3, -0.25) is 0 Å². The Labute approximate surface area is 157 Å². The minimum absolute atomic E-state index is 0.358. The van der Waals surface area contributed by atoms with Crippen LogP contribution in [0.1, 0.15) is 33.1 Å². The number of carbonyl (C=O) groups excluding carboxylic acids is 1. The van der Waals surface area contributed by atoms with Gasteiger partial charge in [-0.1, -0.05) is 24.3 Å². The van der Waals surface area contributed by atoms with Crippen molar-refractivity contribution in [3.63, 3.8) is 0 Å². The quantitative estimate of drug-likeness (QED) is 0.496. The Morgan fingerprint density at radius 1 is 1.07 bits per heavy atom. The van der Waals surface area contributed by atoms with Crippen molar-refractivity contribution in [3.8, 4) is 5.75 Å². The van der Waals surface area contributed by atoms with Gasteiger partial charge in [-0.2, -0.15) is 5.10 Å². The number of hydrogen-bond donors (Lipinski definition) is 0. The fraction of sp³-hybridized carbons (Fsp3) is 0.200. The number of ether oxygens (including phenoxy) is 2. The second-order valence-electron chi connectivity index (χ2n) is 5.87. The van der Waals surface area contributed by atoms with Gasteiger partial charge in [-0.15, -0.1) is 10.2 Å². The van der Waals surface area contributed by atoms with Crippen molar-refractivity contribution in [1.29, 1.82) is 0 Å². The number of methoxy groups -OCH3 is 1. The summed E-state index contributed by atoms with van der Waals surface area (Å²) in [6.45, 7) is 4.06. The van der Waals surface area contributed by atoms with Crippen LogP contribution in [0.25, 0.3) is 0 Å². The molecule has 0 unspecified atom stereocenters. The first-order chi connectivity index (χ1) is 13.1. The number of carbonyl (C=O) groups is 1. The molecule has 0 fully saturated rings. The molecule has 0 saturated carbocycles. The number of rotatable bonds is 6. The number of esters is 1. The van der Waals surface area contributed by atoms with E-state index in [1.807, 2.05) is 50.2 Å². The van der Waals surface area contributed by atoms with E-state index in [4.69, 9.17) is 9.47 Å². The average molecular weight is 364 g/mol. The molecule has 0 atom stereocenters. The van der Waals surface area contributed by atoms with Crippen LogP contribution in [-0.2, 0) is 11.3 Å². The van der Waals surface area contributed by atoms with Crippen LogP contribution in [-0.4, -0.2) is 34.2 Å². The van der Waals surface area contributed by atoms with Crippen LogP contribution < -0.4 is 4.74 Å². The number of benzene rings is 2. The molecule has 0 spiro atoms. The van der Waals surface area contributed by atoms with E-state index in [2.05, 4.69) is 15.3 Å². The third kappa shape index (κ3) is 4.38. The van der Waals surface area contributed by atoms with E-state index >= 15 is 0 Å². The maximum absolute atomic E-state index is 11.5. The zero-order chi connectivity index (χ0) is 19.2. The summed E-state index contributed by atoms with van der Waals surface area (Å²) >= 11 is 0. The molecule has 1 aromatic heterocycles. The number of para-hydroxylation sites is 1. The molecule has 138 valence electrons. The molecule has 0 bridgehead atoms. The fourth-order valence-electron chi connectivity index (χ4n) is 2.49. The molecule has 2 aromatic carbocycles. The summed E-state index contributed by atoms with van der Waals surface area (Å²) < 4.78 is 12.3. The highest BCUT2D eigenvalue weighted by molar-refractivity contribution is 5.89. The van der Waals surface area contributed by atoms with Crippen molar-refractivity contribution < 1.29 is 14.3 Å². The first-order valence-electron chi connectivity index (χ1n) is 8.40. The standard InChI is InChI=1S/C20H20N4O3/c1-14-22-23-15(2)24(14)21-12-18-6-4-5-7-19(18)27-13-16-8-10-17(11-9-16)20(25)26-3/h4-12H,13H2,1-3H3/b21-12+. The molecular formula is C20H20N4O3. The molecule has 7 nitrogen and oxygen atoms in total. The first-order valence-corrected chi connectivity index (χ1v) is 8.40. The smallest absolute Gasteiger partial charge is 0.337 e. The minimum Gasteiger partial charge on any atom is -0.488 e. The predicted molar refractivity (Wildman–Crippen MR) is 101 cm³/mol. The van der Waals surface area contributed by atoms with E-state index in [1.165, 1.54) is 7.11 Å². The van der Waals surface area contributed by atoms with Gasteiger partial charge in [0.05, 0.1) is 18.9 Å². The van der Waals surface area contributed by atoms with Crippen molar-refractivity contribution in [2.75, 3.05) is 7.11 Å². The lowest BCUT2D eigenvalue weighted by atomic mass is 10.1. The largest absolute Gasteiger partial charge is 0.488 e. The third-order valence-electron chi connectivity index (χ3n) is 3.95. The lowest BCUT2D eigenvalue weighted by molar-refractivity contribution is 0.0600. The van der Waals surface area contributed by atoms with E-state index < -0.39 is 0 Å². The van der Waals surface area contributed by atoms with Crippen LogP contribution in [0.3, 0.4) is 0 Å². The molecule has 0 radical (unpaired) electrons. The van der Waals surface area contributed by atoms with Crippen LogP contribution in [0.15, 0.2) is 53.6 Å². The van der Waals surface area contributed by atoms with Crippen molar-refractivity contribution in [2.24, 2.45) is 5.10 Å². The van der Waals surface area contributed by atoms with Gasteiger partial charge in [0.2, 0.25) is 0 Å². The normalized spacial score (nSPS) is 10.9. The zero-order valence-electron chi connectivity index (χ0n) is 15.4. The predicted octanol–water partition coefficient (Wildman–Crippen LogP) is 3.14. The Balaban J connectivity index is 1.72. The summed E-state index contributed by atoms with van der Waals surface area (Å²) in [4.78, 5) is 11.5. The second kappa shape index (κ2) is 8.27. The molecule has 0 amide bonds. The second-order valence-corrected chi connectivity index (χ2v) is 5.87. The van der Waals surface area contributed by atoms with Crippen LogP contribution in [0, 0.1) is 13.8 Å². The lowest BCUT2D eigenvalue weighted by Crippen LogP contribution is -2.03. The van der Waals surface area contributed by atoms with Crippen LogP contribution in [0.4, 0.5) is 0 Å². The van der Waals surface area contributed by atoms with Crippen LogP contribution in [0.2, 0.25) is 0 Å². The topological polar surface area (TPSA) is 78.6 Å². The highest BCUT2D eigenvalue weighted by atomic mass is 16.5. The monoisotopic (exact) mass is 364 g/mol. The summed E-state index contributed by atoms with van der Waals surface area (Å²) in [6.07, 6.45) is 1.72. The summed E-state index contributed by atoms with van der Waals surface area (Å²) in [5, 5.41) is 12.4. The van der Waals surface area contributed by atoms with E-state index in [0.29, 0.717) is 29.6 Å². The van der Waals surface area contributed by atoms with Crippen molar-refractivity contribution in [3.05, 3.63) is 76.9 Å². The van der Waals surface area contributed by atoms with Gasteiger partial charge < -0.3 is 9.47 Å². The Morgan fingerprint density at radius 3 is 2.41 bits per heavy atom. The van der Waals surface area contributed by atoms with Crippen molar-refractivity contribution in [1.82, 2.24) is 14.9 Å². The van der Waals surface area contributed by atoms with Gasteiger partial charge in [0.1, 0.15) is 12.4 Å². The summed E-state index contributed by atoms with van der Waals surface area (Å²) in [6, 6.07) is 14.8. The molecule has 27 heavy (non-hydrogen) atoms. The summed E-state index contributed by atoms with van der Waals surface area (Å²) in [5.74, 6) is 1.78. The molecule has 1 heterocycles. The summed E-state index contributed by atoms with van der Waals surface area (Å²) in [5.41, 5.74) is 2.30. The first kappa shape index (κ1) is 18.3. The number of nitrogens with zero attached hydrogens (tertiary/aromatic N) is 4. The van der Waals surface area contributed by atoms with Crippen LogP contribution in [0.5, 0.6) is 5.75 Å².